The normalized spacial score (nSPS) is 20.7. The van der Waals surface area contributed by atoms with Gasteiger partial charge in [0.1, 0.15) is 5.78 Å². The molecule has 210 valence electrons. The Bertz CT molecular complexity index is 1340. The standard InChI is InChI=1S/C28H30F3N7O2/c29-28(30,31)26(40)38-10-2-5-24(39)19-37-13-11-36(12-14-37)17-20-3-1-4-22(15-20)34-27-32-9-8-25(35-27)21-6-7-23(18-38)33-16-21/h1,3-4,6-9,15-16H,2,5,10-14,17-19H2,(H,32,34,35). The molecule has 1 N–H and O–H groups in total. The van der Waals surface area contributed by atoms with Crippen molar-refractivity contribution in [2.24, 2.45) is 0 Å². The van der Waals surface area contributed by atoms with Crippen molar-refractivity contribution in [1.82, 2.24) is 29.7 Å². The van der Waals surface area contributed by atoms with Crippen molar-refractivity contribution in [2.45, 2.75) is 32.1 Å². The third-order valence-corrected chi connectivity index (χ3v) is 7.00. The zero-order valence-electron chi connectivity index (χ0n) is 21.9. The number of anilines is 2. The smallest absolute Gasteiger partial charge is 0.329 e. The summed E-state index contributed by atoms with van der Waals surface area (Å²) in [4.78, 5) is 43.0. The van der Waals surface area contributed by atoms with E-state index in [0.29, 0.717) is 27.8 Å². The van der Waals surface area contributed by atoms with Crippen LogP contribution in [-0.2, 0) is 22.7 Å². The number of pyridine rings is 1. The number of aromatic nitrogens is 3. The molecule has 1 amide bonds. The van der Waals surface area contributed by atoms with Crippen LogP contribution in [0.2, 0.25) is 0 Å². The number of piperazine rings is 1. The van der Waals surface area contributed by atoms with Gasteiger partial charge < -0.3 is 10.2 Å². The molecule has 0 spiro atoms. The van der Waals surface area contributed by atoms with E-state index in [2.05, 4.69) is 42.2 Å². The van der Waals surface area contributed by atoms with Crippen molar-refractivity contribution in [1.29, 1.82) is 0 Å². The van der Waals surface area contributed by atoms with Crippen LogP contribution in [-0.4, -0.2) is 86.8 Å². The van der Waals surface area contributed by atoms with Crippen LogP contribution in [0.3, 0.4) is 0 Å². The molecule has 0 radical (unpaired) electrons. The maximum Gasteiger partial charge on any atom is 0.471 e. The van der Waals surface area contributed by atoms with Crippen LogP contribution in [0.5, 0.6) is 0 Å². The minimum absolute atomic E-state index is 0.0460. The summed E-state index contributed by atoms with van der Waals surface area (Å²) < 4.78 is 39.9. The maximum atomic E-state index is 13.3. The Balaban J connectivity index is 1.41. The predicted molar refractivity (Wildman–Crippen MR) is 142 cm³/mol. The van der Waals surface area contributed by atoms with E-state index in [1.807, 2.05) is 12.1 Å². The van der Waals surface area contributed by atoms with E-state index < -0.39 is 12.1 Å². The molecule has 8 rings (SSSR count). The highest BCUT2D eigenvalue weighted by Gasteiger charge is 2.42. The molecule has 12 heteroatoms. The second-order valence-electron chi connectivity index (χ2n) is 10.0. The molecule has 3 aromatic rings. The summed E-state index contributed by atoms with van der Waals surface area (Å²) in [7, 11) is 0. The first-order valence-corrected chi connectivity index (χ1v) is 13.2. The van der Waals surface area contributed by atoms with Gasteiger partial charge in [-0.1, -0.05) is 12.1 Å². The van der Waals surface area contributed by atoms with Crippen LogP contribution in [0.1, 0.15) is 24.1 Å². The lowest BCUT2D eigenvalue weighted by atomic mass is 10.1. The number of alkyl halides is 3. The van der Waals surface area contributed by atoms with Gasteiger partial charge in [0.05, 0.1) is 24.5 Å². The number of halogens is 3. The summed E-state index contributed by atoms with van der Waals surface area (Å²) in [6.45, 7) is 3.56. The van der Waals surface area contributed by atoms with Crippen molar-refractivity contribution in [3.8, 4) is 11.3 Å². The van der Waals surface area contributed by atoms with Gasteiger partial charge in [-0.2, -0.15) is 13.2 Å². The number of rotatable bonds is 0. The Labute approximate surface area is 230 Å². The lowest BCUT2D eigenvalue weighted by Crippen LogP contribution is -2.47. The highest BCUT2D eigenvalue weighted by Crippen LogP contribution is 2.23. The van der Waals surface area contributed by atoms with E-state index in [1.165, 1.54) is 6.20 Å². The minimum atomic E-state index is -5.02. The molecule has 2 aromatic heterocycles. The lowest BCUT2D eigenvalue weighted by molar-refractivity contribution is -0.186. The molecule has 9 nitrogen and oxygen atoms in total. The topological polar surface area (TPSA) is 94.6 Å². The van der Waals surface area contributed by atoms with E-state index in [0.717, 1.165) is 44.0 Å². The molecule has 5 aliphatic heterocycles. The van der Waals surface area contributed by atoms with Crippen LogP contribution >= 0.6 is 0 Å². The second-order valence-corrected chi connectivity index (χ2v) is 10.0. The van der Waals surface area contributed by atoms with Gasteiger partial charge in [-0.25, -0.2) is 9.97 Å². The monoisotopic (exact) mass is 553 g/mol. The fraction of sp³-hybridized carbons (Fsp3) is 0.393. The van der Waals surface area contributed by atoms with E-state index in [4.69, 9.17) is 0 Å². The highest BCUT2D eigenvalue weighted by atomic mass is 19.4. The van der Waals surface area contributed by atoms with E-state index in [1.54, 1.807) is 24.4 Å². The first kappa shape index (κ1) is 27.7. The van der Waals surface area contributed by atoms with Crippen LogP contribution in [0.15, 0.2) is 54.9 Å². The molecule has 0 atom stereocenters. The van der Waals surface area contributed by atoms with Crippen LogP contribution < -0.4 is 5.32 Å². The molecule has 0 saturated carbocycles. The predicted octanol–water partition coefficient (Wildman–Crippen LogP) is 3.65. The van der Waals surface area contributed by atoms with Gasteiger partial charge in [-0.05, 0) is 42.3 Å². The molecule has 0 unspecified atom stereocenters. The SMILES string of the molecule is O=C1CCCN(C(=O)C(F)(F)F)Cc2ccc(cn2)-c2ccnc(n2)Nc2cccc(c2)CN2CCN(CC2)C1. The lowest BCUT2D eigenvalue weighted by Gasteiger charge is -2.34. The fourth-order valence-corrected chi connectivity index (χ4v) is 4.91. The Hall–Kier alpha value is -3.90. The summed E-state index contributed by atoms with van der Waals surface area (Å²) in [6.07, 6.45) is -1.64. The number of benzene rings is 1. The quantitative estimate of drug-likeness (QED) is 0.451. The Kier molecular flexibility index (Phi) is 8.36. The number of hydrogen-bond donors (Lipinski definition) is 1. The molecule has 40 heavy (non-hydrogen) atoms. The van der Waals surface area contributed by atoms with Gasteiger partial charge in [0, 0.05) is 69.3 Å². The molecule has 1 saturated heterocycles. The van der Waals surface area contributed by atoms with E-state index in [9.17, 15) is 22.8 Å². The summed E-state index contributed by atoms with van der Waals surface area (Å²) in [5, 5.41) is 3.24. The Morgan fingerprint density at radius 1 is 0.900 bits per heavy atom. The second kappa shape index (κ2) is 12.1. The van der Waals surface area contributed by atoms with Crippen LogP contribution in [0.25, 0.3) is 11.3 Å². The zero-order valence-corrected chi connectivity index (χ0v) is 21.9. The van der Waals surface area contributed by atoms with Gasteiger partial charge in [0.25, 0.3) is 0 Å². The zero-order chi connectivity index (χ0) is 28.1. The average molecular weight is 554 g/mol. The first-order valence-electron chi connectivity index (χ1n) is 13.2. The highest BCUT2D eigenvalue weighted by molar-refractivity contribution is 5.82. The fourth-order valence-electron chi connectivity index (χ4n) is 4.91. The molecule has 0 aliphatic carbocycles. The van der Waals surface area contributed by atoms with Crippen molar-refractivity contribution >= 4 is 23.3 Å². The molecule has 1 fully saturated rings. The van der Waals surface area contributed by atoms with Crippen LogP contribution in [0, 0.1) is 0 Å². The van der Waals surface area contributed by atoms with Gasteiger partial charge in [0.15, 0.2) is 0 Å². The summed E-state index contributed by atoms with van der Waals surface area (Å²) in [5.74, 6) is -1.59. The Morgan fingerprint density at radius 3 is 2.40 bits per heavy atom. The van der Waals surface area contributed by atoms with E-state index >= 15 is 0 Å². The van der Waals surface area contributed by atoms with Gasteiger partial charge in [-0.15, -0.1) is 0 Å². The van der Waals surface area contributed by atoms with Crippen molar-refractivity contribution < 1.29 is 22.8 Å². The molecule has 8 bridgehead atoms. The molecular formula is C28H30F3N7O2. The molecule has 7 heterocycles. The number of hydrogen-bond acceptors (Lipinski definition) is 8. The summed E-state index contributed by atoms with van der Waals surface area (Å²) in [6, 6.07) is 13.0. The number of ketones is 1. The van der Waals surface area contributed by atoms with E-state index in [-0.39, 0.29) is 38.3 Å². The number of carbonyl (C=O) groups is 2. The third-order valence-electron chi connectivity index (χ3n) is 7.00. The van der Waals surface area contributed by atoms with Crippen LogP contribution in [0.4, 0.5) is 24.8 Å². The van der Waals surface area contributed by atoms with Crippen molar-refractivity contribution in [2.75, 3.05) is 44.6 Å². The molecule has 5 aliphatic rings. The molecule has 1 aromatic carbocycles. The Morgan fingerprint density at radius 2 is 1.68 bits per heavy atom. The van der Waals surface area contributed by atoms with Crippen molar-refractivity contribution in [3.05, 3.63) is 66.1 Å². The number of amides is 1. The largest absolute Gasteiger partial charge is 0.471 e. The maximum absolute atomic E-state index is 13.3. The van der Waals surface area contributed by atoms with Gasteiger partial charge in [-0.3, -0.25) is 24.4 Å². The summed E-state index contributed by atoms with van der Waals surface area (Å²) >= 11 is 0. The van der Waals surface area contributed by atoms with Gasteiger partial charge in [0.2, 0.25) is 5.95 Å². The minimum Gasteiger partial charge on any atom is -0.329 e. The number of Topliss-reactive ketones (excluding diaryl/α,β-unsaturated/α-hetero) is 1. The summed E-state index contributed by atoms with van der Waals surface area (Å²) in [5.41, 5.74) is 3.53. The van der Waals surface area contributed by atoms with Gasteiger partial charge >= 0.3 is 12.1 Å². The molecular weight excluding hydrogens is 523 g/mol. The number of carbonyl (C=O) groups excluding carboxylic acids is 2. The first-order chi connectivity index (χ1) is 19.2. The van der Waals surface area contributed by atoms with Crippen molar-refractivity contribution in [3.63, 3.8) is 0 Å². The average Bonchev–Trinajstić information content (AvgIpc) is 2.93. The number of nitrogens with zero attached hydrogens (tertiary/aromatic N) is 6. The third kappa shape index (κ3) is 7.19. The number of nitrogens with one attached hydrogen (secondary N) is 1.